The van der Waals surface area contributed by atoms with Crippen molar-refractivity contribution in [3.8, 4) is 0 Å². The maximum atomic E-state index is 4.49. The van der Waals surface area contributed by atoms with E-state index in [4.69, 9.17) is 0 Å². The average molecular weight is 221 g/mol. The molecule has 0 unspecified atom stereocenters. The Balaban J connectivity index is 1.78. The van der Waals surface area contributed by atoms with Gasteiger partial charge < -0.3 is 9.88 Å². The van der Waals surface area contributed by atoms with Crippen LogP contribution in [0, 0.1) is 0 Å². The Morgan fingerprint density at radius 1 is 1.38 bits per heavy atom. The van der Waals surface area contributed by atoms with Crippen LogP contribution in [0.3, 0.4) is 0 Å². The van der Waals surface area contributed by atoms with Crippen LogP contribution in [0.15, 0.2) is 6.20 Å². The zero-order valence-corrected chi connectivity index (χ0v) is 10.3. The number of aryl methyl sites for hydroxylation is 1. The van der Waals surface area contributed by atoms with Crippen molar-refractivity contribution < 1.29 is 0 Å². The molecule has 3 nitrogen and oxygen atoms in total. The molecule has 0 aromatic carbocycles. The molecule has 0 aliphatic carbocycles. The van der Waals surface area contributed by atoms with Crippen molar-refractivity contribution >= 4 is 0 Å². The second-order valence-corrected chi connectivity index (χ2v) is 4.66. The normalized spacial score (nSPS) is 15.1. The van der Waals surface area contributed by atoms with E-state index in [0.29, 0.717) is 0 Å². The van der Waals surface area contributed by atoms with Gasteiger partial charge in [-0.25, -0.2) is 4.98 Å². The first-order chi connectivity index (χ1) is 7.92. The van der Waals surface area contributed by atoms with Crippen LogP contribution in [0.1, 0.15) is 50.5 Å². The van der Waals surface area contributed by atoms with Crippen LogP contribution < -0.4 is 5.32 Å². The quantitative estimate of drug-likeness (QED) is 0.748. The molecule has 0 fully saturated rings. The summed E-state index contributed by atoms with van der Waals surface area (Å²) in [5.74, 6) is 1.29. The second kappa shape index (κ2) is 6.04. The number of nitrogens with zero attached hydrogens (tertiary/aromatic N) is 2. The molecule has 0 saturated carbocycles. The van der Waals surface area contributed by atoms with E-state index >= 15 is 0 Å². The van der Waals surface area contributed by atoms with E-state index in [1.54, 1.807) is 0 Å². The topological polar surface area (TPSA) is 29.9 Å². The minimum atomic E-state index is 0.983. The van der Waals surface area contributed by atoms with Crippen LogP contribution in [-0.4, -0.2) is 16.1 Å². The third kappa shape index (κ3) is 2.85. The first kappa shape index (κ1) is 11.6. The number of imidazole rings is 1. The first-order valence-electron chi connectivity index (χ1n) is 6.66. The smallest absolute Gasteiger partial charge is 0.108 e. The minimum Gasteiger partial charge on any atom is -0.331 e. The van der Waals surface area contributed by atoms with Crippen LogP contribution in [0.25, 0.3) is 0 Å². The van der Waals surface area contributed by atoms with Crippen LogP contribution in [-0.2, 0) is 19.5 Å². The Labute approximate surface area is 98.3 Å². The summed E-state index contributed by atoms with van der Waals surface area (Å²) in [5.41, 5.74) is 1.37. The molecule has 0 spiro atoms. The van der Waals surface area contributed by atoms with Crippen LogP contribution in [0.2, 0.25) is 0 Å². The SMILES string of the molecule is CCCCCNCc1cnc2n1CCCC2. The standard InChI is InChI=1S/C13H23N3/c1-2-3-5-8-14-10-12-11-15-13-7-4-6-9-16(12)13/h11,14H,2-10H2,1H3. The molecule has 2 heterocycles. The van der Waals surface area contributed by atoms with Gasteiger partial charge in [0.1, 0.15) is 5.82 Å². The van der Waals surface area contributed by atoms with Crippen molar-refractivity contribution in [2.45, 2.75) is 58.5 Å². The summed E-state index contributed by atoms with van der Waals surface area (Å²) < 4.78 is 2.40. The summed E-state index contributed by atoms with van der Waals surface area (Å²) in [6.07, 6.45) is 9.74. The van der Waals surface area contributed by atoms with Crippen LogP contribution in [0.5, 0.6) is 0 Å². The van der Waals surface area contributed by atoms with Crippen molar-refractivity contribution in [2.24, 2.45) is 0 Å². The molecule has 16 heavy (non-hydrogen) atoms. The number of rotatable bonds is 6. The summed E-state index contributed by atoms with van der Waals surface area (Å²) in [6, 6.07) is 0. The summed E-state index contributed by atoms with van der Waals surface area (Å²) in [7, 11) is 0. The van der Waals surface area contributed by atoms with Gasteiger partial charge in [0.15, 0.2) is 0 Å². The van der Waals surface area contributed by atoms with Crippen molar-refractivity contribution in [3.63, 3.8) is 0 Å². The molecule has 0 saturated heterocycles. The highest BCUT2D eigenvalue weighted by Crippen LogP contribution is 2.15. The van der Waals surface area contributed by atoms with E-state index in [2.05, 4.69) is 21.8 Å². The highest BCUT2D eigenvalue weighted by Gasteiger charge is 2.12. The zero-order valence-electron chi connectivity index (χ0n) is 10.3. The Morgan fingerprint density at radius 3 is 3.19 bits per heavy atom. The number of fused-ring (bicyclic) bond motifs is 1. The fourth-order valence-electron chi connectivity index (χ4n) is 2.34. The molecule has 1 aromatic heterocycles. The summed E-state index contributed by atoms with van der Waals surface area (Å²) in [5, 5.41) is 3.51. The maximum Gasteiger partial charge on any atom is 0.108 e. The van der Waals surface area contributed by atoms with Crippen molar-refractivity contribution in [1.82, 2.24) is 14.9 Å². The Bertz CT molecular complexity index is 317. The predicted octanol–water partition coefficient (Wildman–Crippen LogP) is 2.50. The molecule has 2 rings (SSSR count). The summed E-state index contributed by atoms with van der Waals surface area (Å²) in [4.78, 5) is 4.49. The maximum absolute atomic E-state index is 4.49. The summed E-state index contributed by atoms with van der Waals surface area (Å²) in [6.45, 7) is 5.53. The molecular formula is C13H23N3. The number of nitrogens with one attached hydrogen (secondary N) is 1. The van der Waals surface area contributed by atoms with Gasteiger partial charge in [0.05, 0.1) is 5.69 Å². The van der Waals surface area contributed by atoms with E-state index in [1.165, 1.54) is 50.2 Å². The molecular weight excluding hydrogens is 198 g/mol. The monoisotopic (exact) mass is 221 g/mol. The Hall–Kier alpha value is -0.830. The zero-order chi connectivity index (χ0) is 11.2. The van der Waals surface area contributed by atoms with E-state index in [0.717, 1.165) is 19.5 Å². The molecule has 1 aromatic rings. The molecule has 1 N–H and O–H groups in total. The van der Waals surface area contributed by atoms with Crippen molar-refractivity contribution in [1.29, 1.82) is 0 Å². The van der Waals surface area contributed by atoms with E-state index in [9.17, 15) is 0 Å². The van der Waals surface area contributed by atoms with Crippen LogP contribution >= 0.6 is 0 Å². The molecule has 0 atom stereocenters. The Kier molecular flexibility index (Phi) is 4.40. The predicted molar refractivity (Wildman–Crippen MR) is 66.4 cm³/mol. The highest BCUT2D eigenvalue weighted by atomic mass is 15.1. The third-order valence-electron chi connectivity index (χ3n) is 3.32. The largest absolute Gasteiger partial charge is 0.331 e. The Morgan fingerprint density at radius 2 is 2.31 bits per heavy atom. The first-order valence-corrected chi connectivity index (χ1v) is 6.66. The number of unbranched alkanes of at least 4 members (excludes halogenated alkanes) is 2. The van der Waals surface area contributed by atoms with Gasteiger partial charge in [-0.05, 0) is 25.8 Å². The molecule has 90 valence electrons. The lowest BCUT2D eigenvalue weighted by atomic mass is 10.1. The van der Waals surface area contributed by atoms with Crippen LogP contribution in [0.4, 0.5) is 0 Å². The molecule has 3 heteroatoms. The molecule has 1 aliphatic heterocycles. The second-order valence-electron chi connectivity index (χ2n) is 4.66. The van der Waals surface area contributed by atoms with E-state index < -0.39 is 0 Å². The van der Waals surface area contributed by atoms with Gasteiger partial charge in [-0.3, -0.25) is 0 Å². The van der Waals surface area contributed by atoms with Gasteiger partial charge in [0, 0.05) is 25.7 Å². The lowest BCUT2D eigenvalue weighted by molar-refractivity contribution is 0.497. The fourth-order valence-corrected chi connectivity index (χ4v) is 2.34. The number of hydrogen-bond acceptors (Lipinski definition) is 2. The molecule has 1 aliphatic rings. The molecule has 0 amide bonds. The lowest BCUT2D eigenvalue weighted by Crippen LogP contribution is -2.19. The van der Waals surface area contributed by atoms with Gasteiger partial charge in [0.25, 0.3) is 0 Å². The van der Waals surface area contributed by atoms with Gasteiger partial charge in [-0.1, -0.05) is 19.8 Å². The average Bonchev–Trinajstić information content (AvgIpc) is 2.73. The summed E-state index contributed by atoms with van der Waals surface area (Å²) >= 11 is 0. The molecule has 0 bridgehead atoms. The van der Waals surface area contributed by atoms with Crippen molar-refractivity contribution in [3.05, 3.63) is 17.7 Å². The fraction of sp³-hybridized carbons (Fsp3) is 0.769. The van der Waals surface area contributed by atoms with Crippen molar-refractivity contribution in [2.75, 3.05) is 6.54 Å². The third-order valence-corrected chi connectivity index (χ3v) is 3.32. The lowest BCUT2D eigenvalue weighted by Gasteiger charge is -2.16. The van der Waals surface area contributed by atoms with E-state index in [1.807, 2.05) is 6.20 Å². The van der Waals surface area contributed by atoms with Gasteiger partial charge in [-0.2, -0.15) is 0 Å². The number of aromatic nitrogens is 2. The highest BCUT2D eigenvalue weighted by molar-refractivity contribution is 5.07. The number of hydrogen-bond donors (Lipinski definition) is 1. The van der Waals surface area contributed by atoms with E-state index in [-0.39, 0.29) is 0 Å². The van der Waals surface area contributed by atoms with Gasteiger partial charge in [0.2, 0.25) is 0 Å². The minimum absolute atomic E-state index is 0.983. The van der Waals surface area contributed by atoms with Gasteiger partial charge in [-0.15, -0.1) is 0 Å². The van der Waals surface area contributed by atoms with Gasteiger partial charge >= 0.3 is 0 Å². The molecule has 0 radical (unpaired) electrons.